The number of hydrogen-bond acceptors (Lipinski definition) is 10. The first kappa shape index (κ1) is 32.7. The number of nitriles is 1. The van der Waals surface area contributed by atoms with E-state index in [0.717, 1.165) is 5.56 Å². The zero-order valence-electron chi connectivity index (χ0n) is 24.8. The summed E-state index contributed by atoms with van der Waals surface area (Å²) >= 11 is 6.17. The molecule has 0 bridgehead atoms. The lowest BCUT2D eigenvalue weighted by Gasteiger charge is -2.28. The lowest BCUT2D eigenvalue weighted by molar-refractivity contribution is -0.136. The monoisotopic (exact) mass is 633 g/mol. The second kappa shape index (κ2) is 15.5. The van der Waals surface area contributed by atoms with Crippen LogP contribution in [-0.4, -0.2) is 49.9 Å². The number of amides is 2. The minimum absolute atomic E-state index is 0.190. The van der Waals surface area contributed by atoms with Crippen molar-refractivity contribution < 1.29 is 33.6 Å². The molecule has 4 N–H and O–H groups in total. The first-order chi connectivity index (χ1) is 21.7. The number of methoxy groups -OCH3 is 1. The van der Waals surface area contributed by atoms with Crippen molar-refractivity contribution in [3.05, 3.63) is 99.2 Å². The van der Waals surface area contributed by atoms with E-state index in [1.165, 1.54) is 13.3 Å². The van der Waals surface area contributed by atoms with Gasteiger partial charge in [-0.25, -0.2) is 9.59 Å². The summed E-state index contributed by atoms with van der Waals surface area (Å²) in [6.07, 6.45) is 0.267. The highest BCUT2D eigenvalue weighted by molar-refractivity contribution is 6.30. The molecule has 0 radical (unpaired) electrons. The lowest BCUT2D eigenvalue weighted by Crippen LogP contribution is -2.45. The van der Waals surface area contributed by atoms with Crippen LogP contribution in [0.25, 0.3) is 0 Å². The van der Waals surface area contributed by atoms with Gasteiger partial charge in [-0.05, 0) is 67.4 Å². The molecule has 3 aromatic rings. The van der Waals surface area contributed by atoms with Crippen molar-refractivity contribution in [3.8, 4) is 23.3 Å². The van der Waals surface area contributed by atoms with E-state index in [0.29, 0.717) is 51.3 Å². The van der Waals surface area contributed by atoms with Crippen molar-refractivity contribution >= 4 is 29.8 Å². The highest BCUT2D eigenvalue weighted by atomic mass is 35.5. The minimum Gasteiger partial charge on any atom is -0.490 e. The first-order valence-corrected chi connectivity index (χ1v) is 14.2. The zero-order valence-corrected chi connectivity index (χ0v) is 25.6. The number of allylic oxidation sites excluding steroid dienone is 1. The number of halogens is 1. The van der Waals surface area contributed by atoms with E-state index in [1.54, 1.807) is 62.4 Å². The highest BCUT2D eigenvalue weighted by Crippen LogP contribution is 2.35. The van der Waals surface area contributed by atoms with Crippen LogP contribution >= 0.6 is 11.6 Å². The standard InChI is InChI=1S/C32H32ClN5O7/c1-4-43-27-14-22(30-29(31(40)42-3)19(2)36-32(41)37-30)9-11-26(27)45-18-28(39)38-35-16-23-13-24(33)10-12-25(23)44-17-21-7-5-20(15-34)6-8-21/h5-14,16,28,30,38-39H,4,17-18H2,1-3H3,(H2,36,37,41)/b35-16+/t28-,30-/m1/s1. The average molecular weight is 634 g/mol. The van der Waals surface area contributed by atoms with E-state index in [4.69, 9.17) is 35.8 Å². The molecular weight excluding hydrogens is 602 g/mol. The number of hydrogen-bond donors (Lipinski definition) is 4. The minimum atomic E-state index is -1.20. The van der Waals surface area contributed by atoms with Gasteiger partial charge in [0.15, 0.2) is 17.7 Å². The lowest BCUT2D eigenvalue weighted by atomic mass is 9.95. The molecule has 3 aromatic carbocycles. The number of hydrazone groups is 1. The van der Waals surface area contributed by atoms with E-state index >= 15 is 0 Å². The Hall–Kier alpha value is -5.25. The number of aliphatic hydroxyl groups excluding tert-OH is 1. The predicted molar refractivity (Wildman–Crippen MR) is 166 cm³/mol. The molecule has 4 rings (SSSR count). The summed E-state index contributed by atoms with van der Waals surface area (Å²) in [4.78, 5) is 24.6. The molecule has 2 amide bonds. The smallest absolute Gasteiger partial charge is 0.337 e. The van der Waals surface area contributed by atoms with Crippen LogP contribution in [0.4, 0.5) is 4.79 Å². The normalized spacial score (nSPS) is 15.0. The van der Waals surface area contributed by atoms with E-state index < -0.39 is 24.3 Å². The van der Waals surface area contributed by atoms with Crippen LogP contribution in [0.3, 0.4) is 0 Å². The van der Waals surface area contributed by atoms with Gasteiger partial charge >= 0.3 is 12.0 Å². The number of aliphatic hydroxyl groups is 1. The number of nitrogens with zero attached hydrogens (tertiary/aromatic N) is 2. The van der Waals surface area contributed by atoms with E-state index in [2.05, 4.69) is 27.2 Å². The summed E-state index contributed by atoms with van der Waals surface area (Å²) in [5.41, 5.74) is 5.83. The molecule has 13 heteroatoms. The Labute approximate surface area is 265 Å². The second-order valence-corrected chi connectivity index (χ2v) is 10.1. The fourth-order valence-corrected chi connectivity index (χ4v) is 4.58. The molecule has 0 spiro atoms. The van der Waals surface area contributed by atoms with Gasteiger partial charge in [0.05, 0.1) is 43.2 Å². The van der Waals surface area contributed by atoms with Crippen LogP contribution in [0, 0.1) is 11.3 Å². The van der Waals surface area contributed by atoms with Crippen molar-refractivity contribution in [3.63, 3.8) is 0 Å². The Morgan fingerprint density at radius 1 is 1.11 bits per heavy atom. The van der Waals surface area contributed by atoms with Crippen LogP contribution < -0.4 is 30.3 Å². The summed E-state index contributed by atoms with van der Waals surface area (Å²) in [6, 6.07) is 17.9. The fraction of sp³-hybridized carbons (Fsp3) is 0.250. The number of carbonyl (C=O) groups excluding carboxylic acids is 2. The van der Waals surface area contributed by atoms with Crippen LogP contribution in [0.2, 0.25) is 5.02 Å². The van der Waals surface area contributed by atoms with Gasteiger partial charge in [-0.15, -0.1) is 0 Å². The van der Waals surface area contributed by atoms with Gasteiger partial charge in [0.1, 0.15) is 19.0 Å². The number of ether oxygens (including phenoxy) is 4. The SMILES string of the molecule is CCOc1cc([C@H]2NC(=O)NC(C)=C2C(=O)OC)ccc1OC[C@@H](O)N/N=C/c1cc(Cl)ccc1OCc1ccc(C#N)cc1. The average Bonchev–Trinajstić information content (AvgIpc) is 3.03. The van der Waals surface area contributed by atoms with Crippen molar-refractivity contribution in [2.75, 3.05) is 20.3 Å². The molecule has 12 nitrogen and oxygen atoms in total. The Morgan fingerprint density at radius 3 is 2.58 bits per heavy atom. The first-order valence-electron chi connectivity index (χ1n) is 13.9. The largest absolute Gasteiger partial charge is 0.490 e. The van der Waals surface area contributed by atoms with Gasteiger partial charge in [-0.3, -0.25) is 5.43 Å². The van der Waals surface area contributed by atoms with Gasteiger partial charge in [0.25, 0.3) is 0 Å². The summed E-state index contributed by atoms with van der Waals surface area (Å²) < 4.78 is 22.4. The highest BCUT2D eigenvalue weighted by Gasteiger charge is 2.32. The summed E-state index contributed by atoms with van der Waals surface area (Å²) in [5, 5.41) is 29.4. The number of benzene rings is 3. The van der Waals surface area contributed by atoms with Crippen LogP contribution in [0.5, 0.6) is 17.2 Å². The van der Waals surface area contributed by atoms with Gasteiger partial charge < -0.3 is 34.7 Å². The quantitative estimate of drug-likeness (QED) is 0.0929. The number of carbonyl (C=O) groups is 2. The molecule has 1 aliphatic rings. The number of esters is 1. The van der Waals surface area contributed by atoms with Crippen molar-refractivity contribution in [1.29, 1.82) is 5.26 Å². The maximum absolute atomic E-state index is 12.5. The van der Waals surface area contributed by atoms with Crippen molar-refractivity contribution in [1.82, 2.24) is 16.1 Å². The van der Waals surface area contributed by atoms with Crippen LogP contribution in [0.15, 0.2) is 77.0 Å². The molecule has 1 heterocycles. The van der Waals surface area contributed by atoms with Gasteiger partial charge in [-0.1, -0.05) is 29.8 Å². The van der Waals surface area contributed by atoms with Gasteiger partial charge in [0, 0.05) is 16.3 Å². The number of rotatable bonds is 13. The molecular formula is C32H32ClN5O7. The van der Waals surface area contributed by atoms with Crippen LogP contribution in [-0.2, 0) is 16.1 Å². The van der Waals surface area contributed by atoms with Crippen molar-refractivity contribution in [2.24, 2.45) is 5.10 Å². The maximum Gasteiger partial charge on any atom is 0.337 e. The molecule has 45 heavy (non-hydrogen) atoms. The van der Waals surface area contributed by atoms with Gasteiger partial charge in [-0.2, -0.15) is 10.4 Å². The van der Waals surface area contributed by atoms with E-state index in [1.807, 2.05) is 12.1 Å². The Balaban J connectivity index is 1.40. The molecule has 234 valence electrons. The molecule has 0 saturated carbocycles. The second-order valence-electron chi connectivity index (χ2n) is 9.69. The van der Waals surface area contributed by atoms with Gasteiger partial charge in [0.2, 0.25) is 0 Å². The molecule has 0 aromatic heterocycles. The molecule has 0 saturated heterocycles. The summed E-state index contributed by atoms with van der Waals surface area (Å²) in [5.74, 6) is 0.621. The third-order valence-electron chi connectivity index (χ3n) is 6.55. The van der Waals surface area contributed by atoms with E-state index in [-0.39, 0.29) is 18.8 Å². The molecule has 2 atom stereocenters. The molecule has 0 unspecified atom stereocenters. The maximum atomic E-state index is 12.5. The zero-order chi connectivity index (χ0) is 32.3. The molecule has 1 aliphatic heterocycles. The molecule has 0 aliphatic carbocycles. The van der Waals surface area contributed by atoms with Crippen molar-refractivity contribution in [2.45, 2.75) is 32.7 Å². The Kier molecular flexibility index (Phi) is 11.2. The number of nitrogens with one attached hydrogen (secondary N) is 3. The number of urea groups is 1. The summed E-state index contributed by atoms with van der Waals surface area (Å²) in [7, 11) is 1.27. The Bertz CT molecular complexity index is 1640. The predicted octanol–water partition coefficient (Wildman–Crippen LogP) is 4.31. The van der Waals surface area contributed by atoms with Crippen LogP contribution in [0.1, 0.15) is 42.1 Å². The fourth-order valence-electron chi connectivity index (χ4n) is 4.40. The third-order valence-corrected chi connectivity index (χ3v) is 6.78. The van der Waals surface area contributed by atoms with E-state index in [9.17, 15) is 14.7 Å². The topological polar surface area (TPSA) is 164 Å². The third kappa shape index (κ3) is 8.66. The Morgan fingerprint density at radius 2 is 1.87 bits per heavy atom. The summed E-state index contributed by atoms with van der Waals surface area (Å²) in [6.45, 7) is 3.81. The molecule has 0 fully saturated rings.